The summed E-state index contributed by atoms with van der Waals surface area (Å²) in [5.41, 5.74) is 3.03. The Labute approximate surface area is 139 Å². The number of halogens is 1. The summed E-state index contributed by atoms with van der Waals surface area (Å²) in [6.07, 6.45) is 6.73. The van der Waals surface area contributed by atoms with E-state index in [2.05, 4.69) is 37.0 Å². The first kappa shape index (κ1) is 14.5. The summed E-state index contributed by atoms with van der Waals surface area (Å²) in [6.45, 7) is 2.02. The molecule has 0 spiro atoms. The molecule has 118 valence electrons. The number of piperidine rings is 1. The SMILES string of the molecule is Clc1ccc(CC2CCN(c3ncnc4[nH]cnc34)CC2)cc1. The van der Waals surface area contributed by atoms with Crippen molar-refractivity contribution in [3.05, 3.63) is 47.5 Å². The normalized spacial score (nSPS) is 16.1. The molecule has 1 aromatic carbocycles. The molecule has 0 amide bonds. The molecule has 1 aliphatic heterocycles. The molecule has 6 heteroatoms. The predicted octanol–water partition coefficient (Wildman–Crippen LogP) is 3.47. The van der Waals surface area contributed by atoms with E-state index in [0.29, 0.717) is 5.92 Å². The second-order valence-corrected chi connectivity index (χ2v) is 6.49. The number of aromatic nitrogens is 4. The van der Waals surface area contributed by atoms with Crippen LogP contribution in [0.25, 0.3) is 11.2 Å². The summed E-state index contributed by atoms with van der Waals surface area (Å²) < 4.78 is 0. The van der Waals surface area contributed by atoms with E-state index < -0.39 is 0 Å². The molecule has 0 saturated carbocycles. The maximum absolute atomic E-state index is 5.95. The van der Waals surface area contributed by atoms with Gasteiger partial charge < -0.3 is 9.88 Å². The van der Waals surface area contributed by atoms with Gasteiger partial charge in [-0.05, 0) is 42.9 Å². The summed E-state index contributed by atoms with van der Waals surface area (Å²) in [7, 11) is 0. The van der Waals surface area contributed by atoms with E-state index in [1.807, 2.05) is 12.1 Å². The third-order valence-electron chi connectivity index (χ3n) is 4.55. The quantitative estimate of drug-likeness (QED) is 0.800. The highest BCUT2D eigenvalue weighted by atomic mass is 35.5. The van der Waals surface area contributed by atoms with Gasteiger partial charge in [0, 0.05) is 18.1 Å². The van der Waals surface area contributed by atoms with E-state index in [0.717, 1.165) is 41.5 Å². The van der Waals surface area contributed by atoms with Crippen molar-refractivity contribution >= 4 is 28.6 Å². The second kappa shape index (κ2) is 6.16. The zero-order chi connectivity index (χ0) is 15.6. The van der Waals surface area contributed by atoms with Gasteiger partial charge in [0.25, 0.3) is 0 Å². The van der Waals surface area contributed by atoms with Crippen LogP contribution in [0.3, 0.4) is 0 Å². The van der Waals surface area contributed by atoms with Crippen LogP contribution in [-0.2, 0) is 6.42 Å². The van der Waals surface area contributed by atoms with E-state index in [4.69, 9.17) is 11.6 Å². The van der Waals surface area contributed by atoms with Crippen molar-refractivity contribution in [3.8, 4) is 0 Å². The Kier molecular flexibility index (Phi) is 3.87. The molecule has 0 aliphatic carbocycles. The average molecular weight is 328 g/mol. The van der Waals surface area contributed by atoms with Gasteiger partial charge in [-0.25, -0.2) is 15.0 Å². The van der Waals surface area contributed by atoms with Crippen LogP contribution in [0.1, 0.15) is 18.4 Å². The first-order chi connectivity index (χ1) is 11.3. The molecule has 0 atom stereocenters. The Morgan fingerprint density at radius 1 is 1.09 bits per heavy atom. The van der Waals surface area contributed by atoms with Crippen molar-refractivity contribution in [2.75, 3.05) is 18.0 Å². The van der Waals surface area contributed by atoms with Crippen LogP contribution in [-0.4, -0.2) is 33.0 Å². The Bertz CT molecular complexity index is 790. The maximum Gasteiger partial charge on any atom is 0.162 e. The van der Waals surface area contributed by atoms with Gasteiger partial charge in [0.2, 0.25) is 0 Å². The minimum absolute atomic E-state index is 0.712. The lowest BCUT2D eigenvalue weighted by atomic mass is 9.90. The first-order valence-corrected chi connectivity index (χ1v) is 8.31. The molecule has 0 bridgehead atoms. The molecule has 23 heavy (non-hydrogen) atoms. The lowest BCUT2D eigenvalue weighted by Crippen LogP contribution is -2.35. The Morgan fingerprint density at radius 3 is 2.65 bits per heavy atom. The number of hydrogen-bond donors (Lipinski definition) is 1. The fraction of sp³-hybridized carbons (Fsp3) is 0.353. The van der Waals surface area contributed by atoms with Gasteiger partial charge in [0.1, 0.15) is 11.8 Å². The molecule has 1 saturated heterocycles. The molecule has 3 aromatic rings. The number of rotatable bonds is 3. The summed E-state index contributed by atoms with van der Waals surface area (Å²) in [5.74, 6) is 1.66. The molecular formula is C17H18ClN5. The number of aromatic amines is 1. The lowest BCUT2D eigenvalue weighted by Gasteiger charge is -2.32. The average Bonchev–Trinajstić information content (AvgIpc) is 3.06. The number of imidazole rings is 1. The van der Waals surface area contributed by atoms with E-state index in [1.165, 1.54) is 18.4 Å². The number of H-pyrrole nitrogens is 1. The third kappa shape index (κ3) is 3.01. The Morgan fingerprint density at radius 2 is 1.87 bits per heavy atom. The number of fused-ring (bicyclic) bond motifs is 1. The summed E-state index contributed by atoms with van der Waals surface area (Å²) in [6, 6.07) is 8.21. The maximum atomic E-state index is 5.95. The van der Waals surface area contributed by atoms with Crippen LogP contribution in [0.5, 0.6) is 0 Å². The highest BCUT2D eigenvalue weighted by Crippen LogP contribution is 2.27. The van der Waals surface area contributed by atoms with Gasteiger partial charge in [-0.3, -0.25) is 0 Å². The molecule has 1 fully saturated rings. The molecule has 0 unspecified atom stereocenters. The van der Waals surface area contributed by atoms with E-state index in [1.54, 1.807) is 12.7 Å². The van der Waals surface area contributed by atoms with Crippen molar-refractivity contribution in [3.63, 3.8) is 0 Å². The highest BCUT2D eigenvalue weighted by molar-refractivity contribution is 6.30. The second-order valence-electron chi connectivity index (χ2n) is 6.06. The van der Waals surface area contributed by atoms with Crippen molar-refractivity contribution in [1.29, 1.82) is 0 Å². The fourth-order valence-corrected chi connectivity index (χ4v) is 3.41. The van der Waals surface area contributed by atoms with Crippen molar-refractivity contribution in [1.82, 2.24) is 19.9 Å². The van der Waals surface area contributed by atoms with E-state index in [9.17, 15) is 0 Å². The number of anilines is 1. The van der Waals surface area contributed by atoms with Gasteiger partial charge in [-0.1, -0.05) is 23.7 Å². The molecule has 2 aromatic heterocycles. The van der Waals surface area contributed by atoms with E-state index >= 15 is 0 Å². The summed E-state index contributed by atoms with van der Waals surface area (Å²) >= 11 is 5.95. The standard InChI is InChI=1S/C17H18ClN5/c18-14-3-1-12(2-4-14)9-13-5-7-23(8-6-13)17-15-16(20-10-19-15)21-11-22-17/h1-4,10-11,13H,5-9H2,(H,19,20,21,22). The molecule has 0 radical (unpaired) electrons. The Hall–Kier alpha value is -2.14. The number of nitrogens with zero attached hydrogens (tertiary/aromatic N) is 4. The molecular weight excluding hydrogens is 310 g/mol. The highest BCUT2D eigenvalue weighted by Gasteiger charge is 2.22. The van der Waals surface area contributed by atoms with Gasteiger partial charge >= 0.3 is 0 Å². The molecule has 1 aliphatic rings. The summed E-state index contributed by atoms with van der Waals surface area (Å²) in [5, 5.41) is 0.801. The number of nitrogens with one attached hydrogen (secondary N) is 1. The lowest BCUT2D eigenvalue weighted by molar-refractivity contribution is 0.402. The first-order valence-electron chi connectivity index (χ1n) is 7.93. The topological polar surface area (TPSA) is 57.7 Å². The number of benzene rings is 1. The minimum Gasteiger partial charge on any atom is -0.355 e. The van der Waals surface area contributed by atoms with Crippen LogP contribution in [0.2, 0.25) is 5.02 Å². The number of hydrogen-bond acceptors (Lipinski definition) is 4. The van der Waals surface area contributed by atoms with Gasteiger partial charge in [0.05, 0.1) is 6.33 Å². The monoisotopic (exact) mass is 327 g/mol. The Balaban J connectivity index is 1.43. The molecule has 1 N–H and O–H groups in total. The fourth-order valence-electron chi connectivity index (χ4n) is 3.29. The van der Waals surface area contributed by atoms with Crippen molar-refractivity contribution in [2.45, 2.75) is 19.3 Å². The molecule has 3 heterocycles. The van der Waals surface area contributed by atoms with Crippen LogP contribution >= 0.6 is 11.6 Å². The molecule has 5 nitrogen and oxygen atoms in total. The largest absolute Gasteiger partial charge is 0.355 e. The third-order valence-corrected chi connectivity index (χ3v) is 4.80. The van der Waals surface area contributed by atoms with Crippen molar-refractivity contribution < 1.29 is 0 Å². The zero-order valence-electron chi connectivity index (χ0n) is 12.7. The van der Waals surface area contributed by atoms with Crippen LogP contribution in [0.4, 0.5) is 5.82 Å². The zero-order valence-corrected chi connectivity index (χ0v) is 13.5. The van der Waals surface area contributed by atoms with E-state index in [-0.39, 0.29) is 0 Å². The van der Waals surface area contributed by atoms with Gasteiger partial charge in [-0.2, -0.15) is 0 Å². The van der Waals surface area contributed by atoms with Crippen LogP contribution in [0.15, 0.2) is 36.9 Å². The van der Waals surface area contributed by atoms with Crippen molar-refractivity contribution in [2.24, 2.45) is 5.92 Å². The smallest absolute Gasteiger partial charge is 0.162 e. The summed E-state index contributed by atoms with van der Waals surface area (Å²) in [4.78, 5) is 18.4. The molecule has 4 rings (SSSR count). The minimum atomic E-state index is 0.712. The predicted molar refractivity (Wildman–Crippen MR) is 91.8 cm³/mol. The van der Waals surface area contributed by atoms with Crippen LogP contribution < -0.4 is 4.90 Å². The van der Waals surface area contributed by atoms with Gasteiger partial charge in [-0.15, -0.1) is 0 Å². The van der Waals surface area contributed by atoms with Crippen LogP contribution in [0, 0.1) is 5.92 Å². The van der Waals surface area contributed by atoms with Gasteiger partial charge in [0.15, 0.2) is 11.5 Å².